The highest BCUT2D eigenvalue weighted by Crippen LogP contribution is 2.02. The molecule has 0 unspecified atom stereocenters. The molecular weight excluding hydrogens is 176 g/mol. The van der Waals surface area contributed by atoms with Gasteiger partial charge in [-0.05, 0) is 16.7 Å². The number of aliphatic hydroxyl groups excluding tert-OH is 1. The molecule has 0 aliphatic heterocycles. The van der Waals surface area contributed by atoms with E-state index in [1.54, 1.807) is 0 Å². The van der Waals surface area contributed by atoms with Crippen molar-refractivity contribution in [1.29, 1.82) is 0 Å². The van der Waals surface area contributed by atoms with E-state index in [1.165, 1.54) is 0 Å². The van der Waals surface area contributed by atoms with Gasteiger partial charge >= 0.3 is 0 Å². The number of hydrogen-bond acceptors (Lipinski definition) is 6. The fourth-order valence-electron chi connectivity index (χ4n) is 0.718. The third-order valence-electron chi connectivity index (χ3n) is 1.35. The van der Waals surface area contributed by atoms with Crippen LogP contribution < -0.4 is 11.1 Å². The summed E-state index contributed by atoms with van der Waals surface area (Å²) in [6, 6.07) is 0. The first kappa shape index (κ1) is 9.46. The van der Waals surface area contributed by atoms with Crippen molar-refractivity contribution < 1.29 is 14.5 Å². The van der Waals surface area contributed by atoms with E-state index in [2.05, 4.69) is 20.3 Å². The van der Waals surface area contributed by atoms with Crippen molar-refractivity contribution in [3.05, 3.63) is 5.69 Å². The smallest absolute Gasteiger partial charge is 0.277 e. The Morgan fingerprint density at radius 2 is 2.38 bits per heavy atom. The van der Waals surface area contributed by atoms with E-state index >= 15 is 0 Å². The van der Waals surface area contributed by atoms with Crippen molar-refractivity contribution in [1.82, 2.24) is 15.6 Å². The summed E-state index contributed by atoms with van der Waals surface area (Å²) in [7, 11) is 0. The van der Waals surface area contributed by atoms with Gasteiger partial charge in [0.25, 0.3) is 5.91 Å². The van der Waals surface area contributed by atoms with Gasteiger partial charge in [0, 0.05) is 13.2 Å². The van der Waals surface area contributed by atoms with Gasteiger partial charge < -0.3 is 16.2 Å². The summed E-state index contributed by atoms with van der Waals surface area (Å²) in [6.45, 7) is 0.383. The second-order valence-electron chi connectivity index (χ2n) is 2.33. The second kappa shape index (κ2) is 4.41. The fraction of sp³-hybridized carbons (Fsp3) is 0.500. The zero-order valence-electron chi connectivity index (χ0n) is 6.86. The largest absolute Gasteiger partial charge is 0.396 e. The molecule has 0 aromatic carbocycles. The van der Waals surface area contributed by atoms with Crippen molar-refractivity contribution in [3.63, 3.8) is 0 Å². The van der Waals surface area contributed by atoms with E-state index in [1.807, 2.05) is 0 Å². The Morgan fingerprint density at radius 1 is 1.62 bits per heavy atom. The molecule has 0 bridgehead atoms. The van der Waals surface area contributed by atoms with Gasteiger partial charge in [0.15, 0.2) is 0 Å². The van der Waals surface area contributed by atoms with Crippen LogP contribution in [0, 0.1) is 0 Å². The zero-order valence-corrected chi connectivity index (χ0v) is 6.86. The molecule has 0 aliphatic carbocycles. The number of rotatable bonds is 4. The van der Waals surface area contributed by atoms with Gasteiger partial charge in [-0.1, -0.05) is 0 Å². The SMILES string of the molecule is Nc1nonc1C(=O)NCCCO. The van der Waals surface area contributed by atoms with Crippen LogP contribution in [0.25, 0.3) is 0 Å². The molecule has 1 aromatic heterocycles. The summed E-state index contributed by atoms with van der Waals surface area (Å²) in [5.74, 6) is -0.492. The number of carbonyl (C=O) groups is 1. The van der Waals surface area contributed by atoms with Crippen molar-refractivity contribution in [2.45, 2.75) is 6.42 Å². The van der Waals surface area contributed by atoms with E-state index in [0.717, 1.165) is 0 Å². The van der Waals surface area contributed by atoms with Crippen LogP contribution in [0.4, 0.5) is 5.82 Å². The third kappa shape index (κ3) is 2.41. The number of nitrogens with one attached hydrogen (secondary N) is 1. The molecule has 0 spiro atoms. The zero-order chi connectivity index (χ0) is 9.68. The molecule has 0 radical (unpaired) electrons. The molecule has 0 aliphatic rings. The lowest BCUT2D eigenvalue weighted by molar-refractivity contribution is 0.0942. The summed E-state index contributed by atoms with van der Waals surface area (Å²) < 4.78 is 4.24. The first-order chi connectivity index (χ1) is 6.25. The lowest BCUT2D eigenvalue weighted by Crippen LogP contribution is -2.26. The standard InChI is InChI=1S/C6H10N4O3/c7-5-4(9-13-10-5)6(12)8-2-1-3-11/h11H,1-3H2,(H2,7,10)(H,8,12). The molecule has 1 aromatic rings. The van der Waals surface area contributed by atoms with Gasteiger partial charge in [-0.15, -0.1) is 0 Å². The van der Waals surface area contributed by atoms with Gasteiger partial charge in [0.2, 0.25) is 11.5 Å². The van der Waals surface area contributed by atoms with Gasteiger partial charge in [0.1, 0.15) is 0 Å². The maximum Gasteiger partial charge on any atom is 0.277 e. The minimum atomic E-state index is -0.452. The highest BCUT2D eigenvalue weighted by Gasteiger charge is 2.14. The molecule has 0 atom stereocenters. The van der Waals surface area contributed by atoms with Crippen LogP contribution >= 0.6 is 0 Å². The third-order valence-corrected chi connectivity index (χ3v) is 1.35. The van der Waals surface area contributed by atoms with Gasteiger partial charge in [-0.3, -0.25) is 4.79 Å². The van der Waals surface area contributed by atoms with E-state index in [-0.39, 0.29) is 18.1 Å². The Morgan fingerprint density at radius 3 is 2.92 bits per heavy atom. The lowest BCUT2D eigenvalue weighted by atomic mass is 10.4. The summed E-state index contributed by atoms with van der Waals surface area (Å²) in [5.41, 5.74) is 5.24. The Balaban J connectivity index is 2.45. The highest BCUT2D eigenvalue weighted by molar-refractivity contribution is 5.95. The van der Waals surface area contributed by atoms with Crippen LogP contribution in [0.15, 0.2) is 4.63 Å². The molecule has 1 rings (SSSR count). The molecular formula is C6H10N4O3. The Labute approximate surface area is 73.9 Å². The number of nitrogen functional groups attached to an aromatic ring is 1. The molecule has 4 N–H and O–H groups in total. The van der Waals surface area contributed by atoms with Crippen LogP contribution in [0.2, 0.25) is 0 Å². The first-order valence-corrected chi connectivity index (χ1v) is 3.72. The lowest BCUT2D eigenvalue weighted by Gasteiger charge is -1.99. The molecule has 1 amide bonds. The number of aliphatic hydroxyl groups is 1. The van der Waals surface area contributed by atoms with Crippen molar-refractivity contribution in [3.8, 4) is 0 Å². The number of aromatic nitrogens is 2. The monoisotopic (exact) mass is 186 g/mol. The number of hydrogen-bond donors (Lipinski definition) is 3. The minimum absolute atomic E-state index is 0.0207. The van der Waals surface area contributed by atoms with Crippen LogP contribution in [0.3, 0.4) is 0 Å². The molecule has 7 nitrogen and oxygen atoms in total. The Bertz CT molecular complexity index is 285. The summed E-state index contributed by atoms with van der Waals surface area (Å²) in [6.07, 6.45) is 0.483. The number of carbonyl (C=O) groups excluding carboxylic acids is 1. The number of nitrogens with zero attached hydrogens (tertiary/aromatic N) is 2. The van der Waals surface area contributed by atoms with Crippen molar-refractivity contribution in [2.24, 2.45) is 0 Å². The fourth-order valence-corrected chi connectivity index (χ4v) is 0.718. The van der Waals surface area contributed by atoms with E-state index in [9.17, 15) is 4.79 Å². The molecule has 1 heterocycles. The number of anilines is 1. The van der Waals surface area contributed by atoms with Crippen LogP contribution in [0.1, 0.15) is 16.9 Å². The average Bonchev–Trinajstić information content (AvgIpc) is 2.52. The minimum Gasteiger partial charge on any atom is -0.396 e. The predicted octanol–water partition coefficient (Wildman–Crippen LogP) is -1.24. The van der Waals surface area contributed by atoms with Crippen LogP contribution in [-0.4, -0.2) is 34.5 Å². The summed E-state index contributed by atoms with van der Waals surface area (Å²) in [4.78, 5) is 11.2. The maximum atomic E-state index is 11.2. The molecule has 0 saturated carbocycles. The average molecular weight is 186 g/mol. The summed E-state index contributed by atoms with van der Waals surface area (Å²) >= 11 is 0. The van der Waals surface area contributed by atoms with Gasteiger partial charge in [-0.25, -0.2) is 4.63 Å². The molecule has 72 valence electrons. The quantitative estimate of drug-likeness (QED) is 0.507. The Hall–Kier alpha value is -1.63. The van der Waals surface area contributed by atoms with Gasteiger partial charge in [0.05, 0.1) is 0 Å². The topological polar surface area (TPSA) is 114 Å². The first-order valence-electron chi connectivity index (χ1n) is 3.72. The van der Waals surface area contributed by atoms with Crippen molar-refractivity contribution in [2.75, 3.05) is 18.9 Å². The second-order valence-corrected chi connectivity index (χ2v) is 2.33. The molecule has 0 saturated heterocycles. The van der Waals surface area contributed by atoms with E-state index in [4.69, 9.17) is 10.8 Å². The molecule has 0 fully saturated rings. The normalized spacial score (nSPS) is 9.92. The Kier molecular flexibility index (Phi) is 3.21. The van der Waals surface area contributed by atoms with E-state index in [0.29, 0.717) is 13.0 Å². The maximum absolute atomic E-state index is 11.2. The summed E-state index contributed by atoms with van der Waals surface area (Å²) in [5, 5.41) is 17.5. The highest BCUT2D eigenvalue weighted by atomic mass is 16.6. The number of amides is 1. The predicted molar refractivity (Wildman–Crippen MR) is 42.7 cm³/mol. The van der Waals surface area contributed by atoms with E-state index < -0.39 is 5.91 Å². The number of nitrogens with two attached hydrogens (primary N) is 1. The molecule has 13 heavy (non-hydrogen) atoms. The van der Waals surface area contributed by atoms with Crippen LogP contribution in [0.5, 0.6) is 0 Å². The molecule has 7 heteroatoms. The van der Waals surface area contributed by atoms with Crippen LogP contribution in [-0.2, 0) is 0 Å². The van der Waals surface area contributed by atoms with Gasteiger partial charge in [-0.2, -0.15) is 0 Å². The van der Waals surface area contributed by atoms with Crippen molar-refractivity contribution >= 4 is 11.7 Å².